The Labute approximate surface area is 171 Å². The minimum atomic E-state index is -0.313. The molecule has 1 fully saturated rings. The molecule has 2 amide bonds. The van der Waals surface area contributed by atoms with Crippen molar-refractivity contribution in [1.29, 1.82) is 0 Å². The number of ether oxygens (including phenoxy) is 1. The molecule has 0 aliphatic carbocycles. The molecule has 29 heavy (non-hydrogen) atoms. The molecule has 0 saturated carbocycles. The van der Waals surface area contributed by atoms with E-state index in [9.17, 15) is 9.59 Å². The molecular weight excluding hydrogens is 368 g/mol. The number of nitrogens with one attached hydrogen (secondary N) is 3. The fraction of sp³-hybridized carbons (Fsp3) is 0.409. The van der Waals surface area contributed by atoms with Gasteiger partial charge in [-0.05, 0) is 31.0 Å². The number of aryl methyl sites for hydroxylation is 1. The molecule has 1 aromatic carbocycles. The predicted octanol–water partition coefficient (Wildman–Crippen LogP) is 1.45. The molecule has 154 valence electrons. The zero-order valence-electron chi connectivity index (χ0n) is 17.0. The van der Waals surface area contributed by atoms with Crippen LogP contribution in [-0.4, -0.2) is 56.2 Å². The molecular formula is C22H28N4O3. The molecule has 1 saturated heterocycles. The summed E-state index contributed by atoms with van der Waals surface area (Å²) in [5.74, 6) is -0.529. The maximum absolute atomic E-state index is 12.7. The second-order valence-corrected chi connectivity index (χ2v) is 7.22. The van der Waals surface area contributed by atoms with E-state index in [1.54, 1.807) is 13.1 Å². The molecule has 2 heterocycles. The molecule has 7 heteroatoms. The van der Waals surface area contributed by atoms with Crippen molar-refractivity contribution in [3.63, 3.8) is 0 Å². The topological polar surface area (TPSA) is 92.4 Å². The number of pyridine rings is 1. The van der Waals surface area contributed by atoms with E-state index in [0.29, 0.717) is 30.8 Å². The monoisotopic (exact) mass is 396 g/mol. The van der Waals surface area contributed by atoms with E-state index in [0.717, 1.165) is 30.6 Å². The number of aromatic nitrogens is 1. The van der Waals surface area contributed by atoms with Gasteiger partial charge in [-0.25, -0.2) is 4.98 Å². The molecule has 0 spiro atoms. The van der Waals surface area contributed by atoms with E-state index in [-0.39, 0.29) is 23.6 Å². The Kier molecular flexibility index (Phi) is 7.32. The molecule has 3 N–H and O–H groups in total. The van der Waals surface area contributed by atoms with Crippen LogP contribution in [0.15, 0.2) is 36.4 Å². The Morgan fingerprint density at radius 1 is 1.24 bits per heavy atom. The van der Waals surface area contributed by atoms with Gasteiger partial charge in [0.2, 0.25) is 0 Å². The van der Waals surface area contributed by atoms with Gasteiger partial charge in [0.25, 0.3) is 11.8 Å². The average molecular weight is 396 g/mol. The number of rotatable bonds is 7. The fourth-order valence-corrected chi connectivity index (χ4v) is 3.34. The number of morpholine rings is 1. The largest absolute Gasteiger partial charge is 0.376 e. The molecule has 0 radical (unpaired) electrons. The lowest BCUT2D eigenvalue weighted by molar-refractivity contribution is 0.0239. The number of carbonyl (C=O) groups is 2. The summed E-state index contributed by atoms with van der Waals surface area (Å²) < 4.78 is 5.65. The summed E-state index contributed by atoms with van der Waals surface area (Å²) >= 11 is 0. The average Bonchev–Trinajstić information content (AvgIpc) is 2.73. The highest BCUT2D eigenvalue weighted by Gasteiger charge is 2.16. The summed E-state index contributed by atoms with van der Waals surface area (Å²) in [5.41, 5.74) is 3.59. The first-order valence-electron chi connectivity index (χ1n) is 9.94. The van der Waals surface area contributed by atoms with Gasteiger partial charge < -0.3 is 20.7 Å². The van der Waals surface area contributed by atoms with E-state index in [1.165, 1.54) is 6.07 Å². The second-order valence-electron chi connectivity index (χ2n) is 7.22. The molecule has 1 aliphatic heterocycles. The quantitative estimate of drug-likeness (QED) is 0.659. The molecule has 7 nitrogen and oxygen atoms in total. The summed E-state index contributed by atoms with van der Waals surface area (Å²) in [4.78, 5) is 29.3. The lowest BCUT2D eigenvalue weighted by Gasteiger charge is -2.23. The van der Waals surface area contributed by atoms with Crippen LogP contribution in [0, 0.1) is 6.92 Å². The van der Waals surface area contributed by atoms with E-state index >= 15 is 0 Å². The van der Waals surface area contributed by atoms with Crippen molar-refractivity contribution in [2.24, 2.45) is 0 Å². The molecule has 1 aromatic heterocycles. The normalized spacial score (nSPS) is 16.3. The van der Waals surface area contributed by atoms with Crippen LogP contribution in [0.3, 0.4) is 0 Å². The van der Waals surface area contributed by atoms with Crippen LogP contribution < -0.4 is 16.0 Å². The van der Waals surface area contributed by atoms with Crippen LogP contribution in [0.5, 0.6) is 0 Å². The van der Waals surface area contributed by atoms with E-state index in [1.807, 2.05) is 25.1 Å². The van der Waals surface area contributed by atoms with Crippen LogP contribution in [0.25, 0.3) is 0 Å². The Morgan fingerprint density at radius 2 is 2.10 bits per heavy atom. The summed E-state index contributed by atoms with van der Waals surface area (Å²) in [6, 6.07) is 11.4. The molecule has 0 bridgehead atoms. The Balaban J connectivity index is 1.71. The number of hydrogen-bond acceptors (Lipinski definition) is 5. The predicted molar refractivity (Wildman–Crippen MR) is 111 cm³/mol. The van der Waals surface area contributed by atoms with Crippen molar-refractivity contribution in [3.05, 3.63) is 64.5 Å². The summed E-state index contributed by atoms with van der Waals surface area (Å²) in [6.45, 7) is 4.90. The van der Waals surface area contributed by atoms with E-state index in [2.05, 4.69) is 27.0 Å². The molecule has 1 atom stereocenters. The van der Waals surface area contributed by atoms with Gasteiger partial charge in [0.1, 0.15) is 5.69 Å². The second kappa shape index (κ2) is 10.1. The fourth-order valence-electron chi connectivity index (χ4n) is 3.34. The first-order valence-corrected chi connectivity index (χ1v) is 9.94. The van der Waals surface area contributed by atoms with E-state index in [4.69, 9.17) is 4.74 Å². The maximum atomic E-state index is 12.7. The standard InChI is InChI=1S/C22H28N4O3/c1-15-4-3-5-16(10-15)11-18-12-17(13-20(26-18)22(28)23-2)21(27)25-7-6-19-14-24-8-9-29-19/h3-5,10,12-13,19,24H,6-9,11,14H2,1-2H3,(H,23,28)(H,25,27). The smallest absolute Gasteiger partial charge is 0.269 e. The minimum Gasteiger partial charge on any atom is -0.376 e. The lowest BCUT2D eigenvalue weighted by atomic mass is 10.0. The van der Waals surface area contributed by atoms with Gasteiger partial charge in [0, 0.05) is 44.4 Å². The van der Waals surface area contributed by atoms with Gasteiger partial charge in [-0.1, -0.05) is 29.8 Å². The van der Waals surface area contributed by atoms with Crippen molar-refractivity contribution in [1.82, 2.24) is 20.9 Å². The number of hydrogen-bond donors (Lipinski definition) is 3. The van der Waals surface area contributed by atoms with Crippen LogP contribution in [0.2, 0.25) is 0 Å². The molecule has 2 aromatic rings. The maximum Gasteiger partial charge on any atom is 0.269 e. The van der Waals surface area contributed by atoms with Gasteiger partial charge in [0.05, 0.1) is 12.7 Å². The van der Waals surface area contributed by atoms with Gasteiger partial charge in [-0.15, -0.1) is 0 Å². The van der Waals surface area contributed by atoms with Gasteiger partial charge in [-0.3, -0.25) is 9.59 Å². The zero-order valence-corrected chi connectivity index (χ0v) is 17.0. The third-order valence-corrected chi connectivity index (χ3v) is 4.82. The van der Waals surface area contributed by atoms with Crippen LogP contribution in [-0.2, 0) is 11.2 Å². The first kappa shape index (κ1) is 21.0. The zero-order chi connectivity index (χ0) is 20.6. The number of carbonyl (C=O) groups excluding carboxylic acids is 2. The van der Waals surface area contributed by atoms with Crippen molar-refractivity contribution in [2.75, 3.05) is 33.3 Å². The molecule has 3 rings (SSSR count). The lowest BCUT2D eigenvalue weighted by Crippen LogP contribution is -2.40. The molecule has 1 aliphatic rings. The Morgan fingerprint density at radius 3 is 2.83 bits per heavy atom. The SMILES string of the molecule is CNC(=O)c1cc(C(=O)NCCC2CNCCO2)cc(Cc2cccc(C)c2)n1. The van der Waals surface area contributed by atoms with Gasteiger partial charge >= 0.3 is 0 Å². The van der Waals surface area contributed by atoms with Crippen LogP contribution in [0.4, 0.5) is 0 Å². The highest BCUT2D eigenvalue weighted by atomic mass is 16.5. The number of benzene rings is 1. The summed E-state index contributed by atoms with van der Waals surface area (Å²) in [7, 11) is 1.55. The van der Waals surface area contributed by atoms with Crippen molar-refractivity contribution >= 4 is 11.8 Å². The first-order chi connectivity index (χ1) is 14.0. The number of amides is 2. The highest BCUT2D eigenvalue weighted by molar-refractivity contribution is 5.98. The van der Waals surface area contributed by atoms with Crippen molar-refractivity contribution in [2.45, 2.75) is 25.9 Å². The van der Waals surface area contributed by atoms with Gasteiger partial charge in [-0.2, -0.15) is 0 Å². The van der Waals surface area contributed by atoms with Crippen molar-refractivity contribution < 1.29 is 14.3 Å². The summed E-state index contributed by atoms with van der Waals surface area (Å²) in [5, 5.41) is 8.78. The minimum absolute atomic E-state index is 0.111. The summed E-state index contributed by atoms with van der Waals surface area (Å²) in [6.07, 6.45) is 1.40. The Bertz CT molecular complexity index is 863. The van der Waals surface area contributed by atoms with Crippen LogP contribution in [0.1, 0.15) is 44.1 Å². The highest BCUT2D eigenvalue weighted by Crippen LogP contribution is 2.13. The van der Waals surface area contributed by atoms with Crippen molar-refractivity contribution in [3.8, 4) is 0 Å². The van der Waals surface area contributed by atoms with Crippen LogP contribution >= 0.6 is 0 Å². The number of nitrogens with zero attached hydrogens (tertiary/aromatic N) is 1. The third-order valence-electron chi connectivity index (χ3n) is 4.82. The third kappa shape index (κ3) is 6.10. The molecule has 1 unspecified atom stereocenters. The van der Waals surface area contributed by atoms with E-state index < -0.39 is 0 Å². The Hall–Kier alpha value is -2.77. The van der Waals surface area contributed by atoms with Gasteiger partial charge in [0.15, 0.2) is 0 Å².